The molecule has 0 aliphatic carbocycles. The molecule has 106 valence electrons. The highest BCUT2D eigenvalue weighted by Gasteiger charge is 2.13. The number of nitrogens with zero attached hydrogens (tertiary/aromatic N) is 1. The van der Waals surface area contributed by atoms with Crippen LogP contribution in [0, 0.1) is 0 Å². The summed E-state index contributed by atoms with van der Waals surface area (Å²) in [5, 5.41) is 0. The number of alkyl halides is 1. The van der Waals surface area contributed by atoms with Crippen molar-refractivity contribution in [2.24, 2.45) is 0 Å². The molecule has 0 unspecified atom stereocenters. The minimum atomic E-state index is -0.0571. The quantitative estimate of drug-likeness (QED) is 0.723. The zero-order chi connectivity index (χ0) is 14.3. The van der Waals surface area contributed by atoms with Crippen LogP contribution >= 0.6 is 11.6 Å². The molecule has 1 rings (SSSR count). The fraction of sp³-hybridized carbons (Fsp3) is 0.500. The Kier molecular flexibility index (Phi) is 6.50. The van der Waals surface area contributed by atoms with Crippen molar-refractivity contribution in [3.8, 4) is 11.5 Å². The van der Waals surface area contributed by atoms with Gasteiger partial charge >= 0.3 is 0 Å². The first kappa shape index (κ1) is 15.6. The summed E-state index contributed by atoms with van der Waals surface area (Å²) in [5.74, 6) is 1.29. The maximum atomic E-state index is 11.7. The molecule has 0 aliphatic heterocycles. The average Bonchev–Trinajstić information content (AvgIpc) is 2.45. The maximum Gasteiger partial charge on any atom is 0.237 e. The zero-order valence-corrected chi connectivity index (χ0v) is 12.4. The number of hydrogen-bond donors (Lipinski definition) is 0. The average molecular weight is 286 g/mol. The number of carbonyl (C=O) groups is 1. The van der Waals surface area contributed by atoms with Gasteiger partial charge in [0.1, 0.15) is 5.88 Å². The van der Waals surface area contributed by atoms with Gasteiger partial charge in [0.05, 0.1) is 14.2 Å². The van der Waals surface area contributed by atoms with E-state index in [9.17, 15) is 4.79 Å². The van der Waals surface area contributed by atoms with E-state index in [1.807, 2.05) is 25.1 Å². The first-order valence-corrected chi connectivity index (χ1v) is 6.74. The lowest BCUT2D eigenvalue weighted by Crippen LogP contribution is -2.32. The topological polar surface area (TPSA) is 38.8 Å². The van der Waals surface area contributed by atoms with Crippen LogP contribution in [0.1, 0.15) is 18.9 Å². The molecule has 0 saturated heterocycles. The molecule has 1 aromatic carbocycles. The van der Waals surface area contributed by atoms with Crippen LogP contribution in [0.25, 0.3) is 0 Å². The Hall–Kier alpha value is -1.42. The van der Waals surface area contributed by atoms with Gasteiger partial charge in [-0.15, -0.1) is 11.6 Å². The summed E-state index contributed by atoms with van der Waals surface area (Å²) in [4.78, 5) is 13.5. The molecule has 0 fully saturated rings. The molecule has 19 heavy (non-hydrogen) atoms. The molecule has 1 amide bonds. The molecule has 0 heterocycles. The highest BCUT2D eigenvalue weighted by Crippen LogP contribution is 2.28. The SMILES string of the molecule is CCCN(Cc1ccc(OC)c(OC)c1)C(=O)CCl. The largest absolute Gasteiger partial charge is 0.493 e. The van der Waals surface area contributed by atoms with E-state index in [0.29, 0.717) is 24.6 Å². The summed E-state index contributed by atoms with van der Waals surface area (Å²) in [5.41, 5.74) is 0.990. The van der Waals surface area contributed by atoms with Crippen molar-refractivity contribution in [1.29, 1.82) is 0 Å². The summed E-state index contributed by atoms with van der Waals surface area (Å²) in [6.07, 6.45) is 0.899. The minimum Gasteiger partial charge on any atom is -0.493 e. The van der Waals surface area contributed by atoms with Gasteiger partial charge in [-0.1, -0.05) is 13.0 Å². The van der Waals surface area contributed by atoms with Crippen molar-refractivity contribution in [3.63, 3.8) is 0 Å². The van der Waals surface area contributed by atoms with Gasteiger partial charge in [-0.25, -0.2) is 0 Å². The first-order valence-electron chi connectivity index (χ1n) is 6.20. The Morgan fingerprint density at radius 1 is 1.26 bits per heavy atom. The molecule has 0 aliphatic rings. The summed E-state index contributed by atoms with van der Waals surface area (Å²) in [6, 6.07) is 5.64. The van der Waals surface area contributed by atoms with Crippen molar-refractivity contribution in [2.75, 3.05) is 26.6 Å². The normalized spacial score (nSPS) is 10.1. The van der Waals surface area contributed by atoms with E-state index >= 15 is 0 Å². The van der Waals surface area contributed by atoms with Crippen LogP contribution in [-0.2, 0) is 11.3 Å². The minimum absolute atomic E-state index is 0.00723. The third kappa shape index (κ3) is 4.31. The highest BCUT2D eigenvalue weighted by molar-refractivity contribution is 6.27. The van der Waals surface area contributed by atoms with E-state index in [1.165, 1.54) is 0 Å². The first-order chi connectivity index (χ1) is 9.15. The summed E-state index contributed by atoms with van der Waals surface area (Å²) < 4.78 is 10.4. The zero-order valence-electron chi connectivity index (χ0n) is 11.6. The van der Waals surface area contributed by atoms with Gasteiger partial charge in [-0.3, -0.25) is 4.79 Å². The summed E-state index contributed by atoms with van der Waals surface area (Å²) in [6.45, 7) is 3.25. The van der Waals surface area contributed by atoms with Gasteiger partial charge in [-0.2, -0.15) is 0 Å². The Labute approximate surface area is 119 Å². The van der Waals surface area contributed by atoms with Gasteiger partial charge in [0.15, 0.2) is 11.5 Å². The number of benzene rings is 1. The van der Waals surface area contributed by atoms with Gasteiger partial charge in [0.2, 0.25) is 5.91 Å². The molecule has 0 radical (unpaired) electrons. The van der Waals surface area contributed by atoms with Crippen LogP contribution in [0.15, 0.2) is 18.2 Å². The lowest BCUT2D eigenvalue weighted by atomic mass is 10.2. The molecule has 1 aromatic rings. The lowest BCUT2D eigenvalue weighted by Gasteiger charge is -2.21. The molecule has 4 nitrogen and oxygen atoms in total. The van der Waals surface area contributed by atoms with Gasteiger partial charge in [-0.05, 0) is 24.1 Å². The maximum absolute atomic E-state index is 11.7. The van der Waals surface area contributed by atoms with E-state index in [2.05, 4.69) is 0 Å². The highest BCUT2D eigenvalue weighted by atomic mass is 35.5. The third-order valence-electron chi connectivity index (χ3n) is 2.78. The molecule has 5 heteroatoms. The third-order valence-corrected chi connectivity index (χ3v) is 3.01. The van der Waals surface area contributed by atoms with Crippen LogP contribution < -0.4 is 9.47 Å². The fourth-order valence-electron chi connectivity index (χ4n) is 1.85. The Morgan fingerprint density at radius 3 is 2.47 bits per heavy atom. The second-order valence-electron chi connectivity index (χ2n) is 4.14. The predicted octanol–water partition coefficient (Wildman–Crippen LogP) is 2.68. The van der Waals surface area contributed by atoms with Crippen LogP contribution in [0.5, 0.6) is 11.5 Å². The van der Waals surface area contributed by atoms with E-state index in [-0.39, 0.29) is 11.8 Å². The number of amides is 1. The van der Waals surface area contributed by atoms with E-state index in [4.69, 9.17) is 21.1 Å². The second-order valence-corrected chi connectivity index (χ2v) is 4.41. The monoisotopic (exact) mass is 285 g/mol. The van der Waals surface area contributed by atoms with Gasteiger partial charge < -0.3 is 14.4 Å². The van der Waals surface area contributed by atoms with Crippen LogP contribution in [-0.4, -0.2) is 37.5 Å². The van der Waals surface area contributed by atoms with Crippen molar-refractivity contribution in [3.05, 3.63) is 23.8 Å². The smallest absolute Gasteiger partial charge is 0.237 e. The Balaban J connectivity index is 2.87. The Bertz CT molecular complexity index is 423. The lowest BCUT2D eigenvalue weighted by molar-refractivity contribution is -0.129. The molecule has 0 bridgehead atoms. The molecule has 0 saturated carbocycles. The van der Waals surface area contributed by atoms with Crippen molar-refractivity contribution in [2.45, 2.75) is 19.9 Å². The van der Waals surface area contributed by atoms with Crippen molar-refractivity contribution < 1.29 is 14.3 Å². The van der Waals surface area contributed by atoms with E-state index in [1.54, 1.807) is 19.1 Å². The predicted molar refractivity (Wildman–Crippen MR) is 76.0 cm³/mol. The molecular weight excluding hydrogens is 266 g/mol. The number of rotatable bonds is 7. The molecule has 0 aromatic heterocycles. The van der Waals surface area contributed by atoms with E-state index < -0.39 is 0 Å². The molecule has 0 spiro atoms. The molecule has 0 atom stereocenters. The van der Waals surface area contributed by atoms with Gasteiger partial charge in [0.25, 0.3) is 0 Å². The standard InChI is InChI=1S/C14H20ClNO3/c1-4-7-16(14(17)9-15)10-11-5-6-12(18-2)13(8-11)19-3/h5-6,8H,4,7,9-10H2,1-3H3. The van der Waals surface area contributed by atoms with Crippen molar-refractivity contribution >= 4 is 17.5 Å². The summed E-state index contributed by atoms with van der Waals surface area (Å²) in [7, 11) is 3.19. The fourth-order valence-corrected chi connectivity index (χ4v) is 2.01. The second kappa shape index (κ2) is 7.89. The Morgan fingerprint density at radius 2 is 1.95 bits per heavy atom. The molecular formula is C14H20ClNO3. The number of halogens is 1. The van der Waals surface area contributed by atoms with E-state index in [0.717, 1.165) is 12.0 Å². The summed E-state index contributed by atoms with van der Waals surface area (Å²) >= 11 is 5.62. The van der Waals surface area contributed by atoms with Crippen LogP contribution in [0.3, 0.4) is 0 Å². The number of methoxy groups -OCH3 is 2. The van der Waals surface area contributed by atoms with Crippen LogP contribution in [0.4, 0.5) is 0 Å². The van der Waals surface area contributed by atoms with Gasteiger partial charge in [0, 0.05) is 13.1 Å². The van der Waals surface area contributed by atoms with Crippen molar-refractivity contribution in [1.82, 2.24) is 4.90 Å². The molecule has 0 N–H and O–H groups in total. The van der Waals surface area contributed by atoms with Crippen LogP contribution in [0.2, 0.25) is 0 Å². The number of carbonyl (C=O) groups excluding carboxylic acids is 1. The number of ether oxygens (including phenoxy) is 2. The number of hydrogen-bond acceptors (Lipinski definition) is 3.